The number of hydrogen-bond donors (Lipinski definition) is 2. The third-order valence-corrected chi connectivity index (χ3v) is 6.94. The fraction of sp³-hybridized carbons (Fsp3) is 0.0323. The van der Waals surface area contributed by atoms with Gasteiger partial charge in [0.2, 0.25) is 0 Å². The van der Waals surface area contributed by atoms with Crippen molar-refractivity contribution >= 4 is 68.9 Å². The molecular formula is C31H21Cl3N4O2. The van der Waals surface area contributed by atoms with Gasteiger partial charge in [-0.15, -0.1) is 0 Å². The molecule has 0 saturated heterocycles. The quantitative estimate of drug-likeness (QED) is 0.155. The number of halogens is 3. The number of pyridine rings is 1. The van der Waals surface area contributed by atoms with Crippen molar-refractivity contribution in [2.45, 2.75) is 6.92 Å². The highest BCUT2D eigenvalue weighted by atomic mass is 35.5. The van der Waals surface area contributed by atoms with Gasteiger partial charge in [-0.25, -0.2) is 10.4 Å². The summed E-state index contributed by atoms with van der Waals surface area (Å²) in [5.41, 5.74) is 7.22. The maximum atomic E-state index is 13.3. The summed E-state index contributed by atoms with van der Waals surface area (Å²) in [4.78, 5) is 30.6. The van der Waals surface area contributed by atoms with Gasteiger partial charge >= 0.3 is 0 Å². The molecule has 198 valence electrons. The van der Waals surface area contributed by atoms with Gasteiger partial charge in [0.05, 0.1) is 27.5 Å². The molecule has 0 aliphatic rings. The molecule has 4 aromatic carbocycles. The zero-order valence-corrected chi connectivity index (χ0v) is 23.4. The van der Waals surface area contributed by atoms with Gasteiger partial charge in [-0.3, -0.25) is 9.59 Å². The lowest BCUT2D eigenvalue weighted by molar-refractivity contribution is 0.0955. The topological polar surface area (TPSA) is 83.4 Å². The third kappa shape index (κ3) is 6.15. The van der Waals surface area contributed by atoms with Crippen molar-refractivity contribution in [3.63, 3.8) is 0 Å². The summed E-state index contributed by atoms with van der Waals surface area (Å²) in [5, 5.41) is 9.35. The second kappa shape index (κ2) is 11.9. The summed E-state index contributed by atoms with van der Waals surface area (Å²) < 4.78 is 0. The lowest BCUT2D eigenvalue weighted by Gasteiger charge is -2.11. The molecule has 0 saturated carbocycles. The van der Waals surface area contributed by atoms with E-state index < -0.39 is 5.91 Å². The molecule has 5 rings (SSSR count). The predicted molar refractivity (Wildman–Crippen MR) is 163 cm³/mol. The summed E-state index contributed by atoms with van der Waals surface area (Å²) in [6.45, 7) is 1.77. The molecule has 0 aliphatic heterocycles. The fourth-order valence-electron chi connectivity index (χ4n) is 4.08. The molecule has 6 nitrogen and oxygen atoms in total. The van der Waals surface area contributed by atoms with E-state index in [0.717, 1.165) is 5.56 Å². The number of benzene rings is 4. The van der Waals surface area contributed by atoms with Crippen LogP contribution in [-0.4, -0.2) is 22.5 Å². The first-order chi connectivity index (χ1) is 19.3. The molecule has 1 aromatic heterocycles. The maximum Gasteiger partial charge on any atom is 0.272 e. The Kier molecular flexibility index (Phi) is 8.12. The molecular weight excluding hydrogens is 567 g/mol. The van der Waals surface area contributed by atoms with Gasteiger partial charge in [0.1, 0.15) is 0 Å². The monoisotopic (exact) mass is 586 g/mol. The minimum absolute atomic E-state index is 0.266. The number of aromatic nitrogens is 1. The second-order valence-corrected chi connectivity index (χ2v) is 10.2. The molecule has 40 heavy (non-hydrogen) atoms. The molecule has 0 spiro atoms. The van der Waals surface area contributed by atoms with Crippen molar-refractivity contribution in [2.24, 2.45) is 5.10 Å². The van der Waals surface area contributed by atoms with Crippen molar-refractivity contribution in [3.05, 3.63) is 129 Å². The van der Waals surface area contributed by atoms with E-state index in [0.29, 0.717) is 59.8 Å². The van der Waals surface area contributed by atoms with E-state index in [2.05, 4.69) is 15.8 Å². The lowest BCUT2D eigenvalue weighted by atomic mass is 10.0. The molecule has 9 heteroatoms. The number of para-hydroxylation sites is 1. The minimum Gasteiger partial charge on any atom is -0.322 e. The number of hydrazone groups is 1. The molecule has 0 radical (unpaired) electrons. The molecule has 1 heterocycles. The molecule has 5 aromatic rings. The first kappa shape index (κ1) is 27.3. The average Bonchev–Trinajstić information content (AvgIpc) is 2.95. The number of nitrogens with one attached hydrogen (secondary N) is 2. The number of anilines is 1. The van der Waals surface area contributed by atoms with Crippen LogP contribution in [0.25, 0.3) is 22.2 Å². The summed E-state index contributed by atoms with van der Waals surface area (Å²) in [7, 11) is 0. The Bertz CT molecular complexity index is 1790. The number of nitrogens with zero attached hydrogens (tertiary/aromatic N) is 2. The van der Waals surface area contributed by atoms with Crippen molar-refractivity contribution in [1.29, 1.82) is 0 Å². The molecule has 0 aliphatic carbocycles. The van der Waals surface area contributed by atoms with Crippen LogP contribution in [0.2, 0.25) is 15.1 Å². The maximum absolute atomic E-state index is 13.3. The second-order valence-electron chi connectivity index (χ2n) is 8.88. The van der Waals surface area contributed by atoms with Crippen LogP contribution in [0.3, 0.4) is 0 Å². The van der Waals surface area contributed by atoms with E-state index in [1.165, 1.54) is 0 Å². The van der Waals surface area contributed by atoms with Gasteiger partial charge in [-0.2, -0.15) is 5.10 Å². The Morgan fingerprint density at radius 1 is 0.750 bits per heavy atom. The zero-order chi connectivity index (χ0) is 28.2. The Labute approximate surface area is 245 Å². The van der Waals surface area contributed by atoms with Crippen molar-refractivity contribution in [1.82, 2.24) is 10.4 Å². The summed E-state index contributed by atoms with van der Waals surface area (Å²) >= 11 is 18.4. The summed E-state index contributed by atoms with van der Waals surface area (Å²) in [6.07, 6.45) is 0. The van der Waals surface area contributed by atoms with Crippen LogP contribution < -0.4 is 10.7 Å². The molecule has 0 bridgehead atoms. The van der Waals surface area contributed by atoms with Crippen LogP contribution in [-0.2, 0) is 0 Å². The number of fused-ring (bicyclic) bond motifs is 1. The molecule has 2 amide bonds. The van der Waals surface area contributed by atoms with Gasteiger partial charge in [-0.05, 0) is 79.2 Å². The van der Waals surface area contributed by atoms with Crippen LogP contribution in [0.5, 0.6) is 0 Å². The molecule has 2 N–H and O–H groups in total. The van der Waals surface area contributed by atoms with Crippen LogP contribution >= 0.6 is 34.8 Å². The van der Waals surface area contributed by atoms with Gasteiger partial charge < -0.3 is 5.32 Å². The Hall–Kier alpha value is -4.23. The van der Waals surface area contributed by atoms with Crippen LogP contribution in [0.4, 0.5) is 5.69 Å². The highest BCUT2D eigenvalue weighted by Gasteiger charge is 2.16. The molecule has 0 unspecified atom stereocenters. The highest BCUT2D eigenvalue weighted by Crippen LogP contribution is 2.32. The number of rotatable bonds is 6. The standard InChI is InChI=1S/C31H21Cl3N4O2/c1-18(20-5-4-6-23(15-20)35-30(39)19-9-11-21(32)12-10-19)37-38-31(40)26-17-29(25-14-13-22(33)16-27(25)34)36-28-8-3-2-7-24(26)28/h2-17H,1H3,(H,35,39)(H,38,40)/b37-18+. The van der Waals surface area contributed by atoms with E-state index in [4.69, 9.17) is 39.8 Å². The smallest absolute Gasteiger partial charge is 0.272 e. The Balaban J connectivity index is 1.38. The predicted octanol–water partition coefficient (Wildman–Crippen LogP) is 8.27. The van der Waals surface area contributed by atoms with Gasteiger partial charge in [0, 0.05) is 32.2 Å². The van der Waals surface area contributed by atoms with Crippen LogP contribution in [0.1, 0.15) is 33.2 Å². The number of hydrogen-bond acceptors (Lipinski definition) is 4. The minimum atomic E-state index is -0.406. The normalized spacial score (nSPS) is 11.3. The SMILES string of the molecule is C/C(=N\NC(=O)c1cc(-c2ccc(Cl)cc2Cl)nc2ccccc12)c1cccc(NC(=O)c2ccc(Cl)cc2)c1. The molecule has 0 fully saturated rings. The van der Waals surface area contributed by atoms with Crippen LogP contribution in [0.15, 0.2) is 102 Å². The van der Waals surface area contributed by atoms with Crippen LogP contribution in [0, 0.1) is 0 Å². The van der Waals surface area contributed by atoms with E-state index in [1.54, 1.807) is 73.7 Å². The number of carbonyl (C=O) groups excluding carboxylic acids is 2. The lowest BCUT2D eigenvalue weighted by Crippen LogP contribution is -2.20. The Morgan fingerprint density at radius 2 is 1.50 bits per heavy atom. The largest absolute Gasteiger partial charge is 0.322 e. The highest BCUT2D eigenvalue weighted by molar-refractivity contribution is 6.36. The first-order valence-corrected chi connectivity index (χ1v) is 13.3. The Morgan fingerprint density at radius 3 is 2.27 bits per heavy atom. The van der Waals surface area contributed by atoms with E-state index in [1.807, 2.05) is 30.3 Å². The number of carbonyl (C=O) groups is 2. The van der Waals surface area contributed by atoms with E-state index >= 15 is 0 Å². The summed E-state index contributed by atoms with van der Waals surface area (Å²) in [6, 6.07) is 28.0. The van der Waals surface area contributed by atoms with Crippen molar-refractivity contribution in [2.75, 3.05) is 5.32 Å². The zero-order valence-electron chi connectivity index (χ0n) is 21.1. The van der Waals surface area contributed by atoms with E-state index in [9.17, 15) is 9.59 Å². The third-order valence-electron chi connectivity index (χ3n) is 6.14. The van der Waals surface area contributed by atoms with Crippen molar-refractivity contribution in [3.8, 4) is 11.3 Å². The van der Waals surface area contributed by atoms with Gasteiger partial charge in [0.15, 0.2) is 0 Å². The van der Waals surface area contributed by atoms with Crippen molar-refractivity contribution < 1.29 is 9.59 Å². The molecule has 0 atom stereocenters. The van der Waals surface area contributed by atoms with Gasteiger partial charge in [0.25, 0.3) is 11.8 Å². The fourth-order valence-corrected chi connectivity index (χ4v) is 4.72. The van der Waals surface area contributed by atoms with Gasteiger partial charge in [-0.1, -0.05) is 65.1 Å². The van der Waals surface area contributed by atoms with E-state index in [-0.39, 0.29) is 5.91 Å². The number of amides is 2. The first-order valence-electron chi connectivity index (χ1n) is 12.2. The average molecular weight is 588 g/mol. The summed E-state index contributed by atoms with van der Waals surface area (Å²) in [5.74, 6) is -0.672.